The van der Waals surface area contributed by atoms with Crippen molar-refractivity contribution in [2.75, 3.05) is 26.6 Å². The number of nitrogens with one attached hydrogen (secondary N) is 1. The molecular weight excluding hydrogens is 384 g/mol. The highest BCUT2D eigenvalue weighted by Crippen LogP contribution is 2.29. The number of hydrogen-bond donors (Lipinski definition) is 1. The molecule has 29 heavy (non-hydrogen) atoms. The van der Waals surface area contributed by atoms with Gasteiger partial charge in [0.15, 0.2) is 6.10 Å². The van der Waals surface area contributed by atoms with E-state index in [0.29, 0.717) is 11.5 Å². The predicted molar refractivity (Wildman–Crippen MR) is 103 cm³/mol. The van der Waals surface area contributed by atoms with Gasteiger partial charge in [-0.3, -0.25) is 14.9 Å². The molecule has 1 amide bonds. The highest BCUT2D eigenvalue weighted by Gasteiger charge is 2.22. The molecule has 0 saturated carbocycles. The molecule has 0 spiro atoms. The van der Waals surface area contributed by atoms with E-state index in [2.05, 4.69) is 5.32 Å². The number of anilines is 1. The Bertz CT molecular complexity index is 906. The molecule has 0 radical (unpaired) electrons. The molecule has 0 bridgehead atoms. The van der Waals surface area contributed by atoms with Gasteiger partial charge >= 0.3 is 5.97 Å². The van der Waals surface area contributed by atoms with Crippen LogP contribution in [0.1, 0.15) is 17.3 Å². The molecule has 1 N–H and O–H groups in total. The first-order valence-corrected chi connectivity index (χ1v) is 8.36. The van der Waals surface area contributed by atoms with Crippen LogP contribution in [0, 0.1) is 10.1 Å². The van der Waals surface area contributed by atoms with Crippen LogP contribution in [0.4, 0.5) is 11.4 Å². The minimum atomic E-state index is -1.19. The lowest BCUT2D eigenvalue weighted by atomic mass is 10.2. The zero-order chi connectivity index (χ0) is 21.6. The van der Waals surface area contributed by atoms with Gasteiger partial charge in [0.05, 0.1) is 37.5 Å². The van der Waals surface area contributed by atoms with Gasteiger partial charge in [-0.1, -0.05) is 0 Å². The molecule has 0 aliphatic rings. The van der Waals surface area contributed by atoms with Gasteiger partial charge < -0.3 is 24.3 Å². The second-order valence-electron chi connectivity index (χ2n) is 5.78. The molecule has 1 atom stereocenters. The van der Waals surface area contributed by atoms with Crippen molar-refractivity contribution in [1.82, 2.24) is 0 Å². The Balaban J connectivity index is 2.14. The zero-order valence-corrected chi connectivity index (χ0v) is 16.3. The van der Waals surface area contributed by atoms with E-state index < -0.39 is 22.9 Å². The third-order valence-corrected chi connectivity index (χ3v) is 3.89. The summed E-state index contributed by atoms with van der Waals surface area (Å²) in [5.41, 5.74) is -0.0133. The Morgan fingerprint density at radius 2 is 1.62 bits per heavy atom. The summed E-state index contributed by atoms with van der Waals surface area (Å²) in [6, 6.07) is 8.22. The average Bonchev–Trinajstić information content (AvgIpc) is 2.72. The molecule has 2 aromatic rings. The van der Waals surface area contributed by atoms with E-state index in [4.69, 9.17) is 18.9 Å². The Morgan fingerprint density at radius 3 is 2.14 bits per heavy atom. The van der Waals surface area contributed by atoms with Crippen LogP contribution < -0.4 is 19.5 Å². The monoisotopic (exact) mass is 404 g/mol. The van der Waals surface area contributed by atoms with Gasteiger partial charge in [-0.15, -0.1) is 0 Å². The third kappa shape index (κ3) is 5.34. The van der Waals surface area contributed by atoms with Crippen molar-refractivity contribution < 1.29 is 33.5 Å². The summed E-state index contributed by atoms with van der Waals surface area (Å²) >= 11 is 0. The van der Waals surface area contributed by atoms with E-state index in [1.54, 1.807) is 6.07 Å². The third-order valence-electron chi connectivity index (χ3n) is 3.89. The topological polar surface area (TPSA) is 126 Å². The minimum Gasteiger partial charge on any atom is -0.497 e. The number of carbonyl (C=O) groups is 2. The molecule has 10 nitrogen and oxygen atoms in total. The van der Waals surface area contributed by atoms with Crippen molar-refractivity contribution in [1.29, 1.82) is 0 Å². The normalized spacial score (nSPS) is 11.2. The number of amides is 1. The molecule has 2 rings (SSSR count). The lowest BCUT2D eigenvalue weighted by Gasteiger charge is -2.15. The summed E-state index contributed by atoms with van der Waals surface area (Å²) in [6.45, 7) is 1.37. The smallest absolute Gasteiger partial charge is 0.339 e. The molecule has 0 aromatic heterocycles. The number of nitro groups is 1. The zero-order valence-electron chi connectivity index (χ0n) is 16.3. The van der Waals surface area contributed by atoms with E-state index >= 15 is 0 Å². The number of hydrogen-bond acceptors (Lipinski definition) is 8. The SMILES string of the molecule is COc1cc(OC)cc(C(=O)O[C@H](C)C(=O)Nc2cc([N+](=O)[O-])ccc2OC)c1. The number of carbonyl (C=O) groups excluding carboxylic acids is 2. The first-order chi connectivity index (χ1) is 13.8. The number of benzene rings is 2. The number of esters is 1. The van der Waals surface area contributed by atoms with Crippen LogP contribution in [-0.4, -0.2) is 44.2 Å². The molecule has 10 heteroatoms. The second kappa shape index (κ2) is 9.40. The average molecular weight is 404 g/mol. The molecule has 154 valence electrons. The Labute approximate surface area is 166 Å². The fourth-order valence-corrected chi connectivity index (χ4v) is 2.35. The van der Waals surface area contributed by atoms with Crippen LogP contribution in [0.3, 0.4) is 0 Å². The van der Waals surface area contributed by atoms with Crippen LogP contribution in [0.2, 0.25) is 0 Å². The van der Waals surface area contributed by atoms with Gasteiger partial charge in [-0.2, -0.15) is 0 Å². The van der Waals surface area contributed by atoms with Crippen LogP contribution in [0.15, 0.2) is 36.4 Å². The van der Waals surface area contributed by atoms with Crippen LogP contribution in [-0.2, 0) is 9.53 Å². The van der Waals surface area contributed by atoms with Gasteiger partial charge in [0.2, 0.25) is 0 Å². The molecule has 0 heterocycles. The van der Waals surface area contributed by atoms with Crippen molar-refractivity contribution in [3.8, 4) is 17.2 Å². The molecule has 0 saturated heterocycles. The van der Waals surface area contributed by atoms with E-state index in [-0.39, 0.29) is 22.7 Å². The fourth-order valence-electron chi connectivity index (χ4n) is 2.35. The highest BCUT2D eigenvalue weighted by atomic mass is 16.6. The van der Waals surface area contributed by atoms with Crippen LogP contribution >= 0.6 is 0 Å². The Morgan fingerprint density at radius 1 is 1.00 bits per heavy atom. The standard InChI is InChI=1S/C19H20N2O8/c1-11(29-19(23)12-7-14(26-2)10-15(8-12)27-3)18(22)20-16-9-13(21(24)25)5-6-17(16)28-4/h5-11H,1-4H3,(H,20,22)/t11-/m1/s1. The van der Waals surface area contributed by atoms with Crippen molar-refractivity contribution in [2.24, 2.45) is 0 Å². The van der Waals surface area contributed by atoms with E-state index in [9.17, 15) is 19.7 Å². The summed E-state index contributed by atoms with van der Waals surface area (Å²) in [5.74, 6) is -0.465. The lowest BCUT2D eigenvalue weighted by Crippen LogP contribution is -2.30. The Kier molecular flexibility index (Phi) is 6.96. The van der Waals surface area contributed by atoms with Crippen molar-refractivity contribution in [3.63, 3.8) is 0 Å². The molecule has 0 aliphatic carbocycles. The van der Waals surface area contributed by atoms with Crippen molar-refractivity contribution >= 4 is 23.3 Å². The van der Waals surface area contributed by atoms with Crippen molar-refractivity contribution in [2.45, 2.75) is 13.0 Å². The number of non-ortho nitro benzene ring substituents is 1. The van der Waals surface area contributed by atoms with Gasteiger partial charge in [0, 0.05) is 18.2 Å². The maximum atomic E-state index is 12.4. The largest absolute Gasteiger partial charge is 0.497 e. The maximum Gasteiger partial charge on any atom is 0.339 e. The second-order valence-corrected chi connectivity index (χ2v) is 5.78. The lowest BCUT2D eigenvalue weighted by molar-refractivity contribution is -0.384. The molecule has 0 unspecified atom stereocenters. The predicted octanol–water partition coefficient (Wildman–Crippen LogP) is 2.80. The number of nitrogens with zero attached hydrogens (tertiary/aromatic N) is 1. The van der Waals surface area contributed by atoms with Gasteiger partial charge in [-0.25, -0.2) is 4.79 Å². The number of rotatable bonds is 8. The minimum absolute atomic E-state index is 0.0812. The quantitative estimate of drug-likeness (QED) is 0.404. The van der Waals surface area contributed by atoms with E-state index in [1.165, 1.54) is 52.5 Å². The maximum absolute atomic E-state index is 12.4. The van der Waals surface area contributed by atoms with Crippen LogP contribution in [0.25, 0.3) is 0 Å². The molecule has 2 aromatic carbocycles. The first kappa shape index (κ1) is 21.5. The van der Waals surface area contributed by atoms with E-state index in [0.717, 1.165) is 6.07 Å². The van der Waals surface area contributed by atoms with Crippen molar-refractivity contribution in [3.05, 3.63) is 52.1 Å². The molecule has 0 aliphatic heterocycles. The summed E-state index contributed by atoms with van der Waals surface area (Å²) in [6.07, 6.45) is -1.19. The first-order valence-electron chi connectivity index (χ1n) is 8.36. The van der Waals surface area contributed by atoms with E-state index in [1.807, 2.05) is 0 Å². The number of methoxy groups -OCH3 is 3. The number of ether oxygens (including phenoxy) is 4. The Hall–Kier alpha value is -3.82. The summed E-state index contributed by atoms with van der Waals surface area (Å²) in [4.78, 5) is 35.1. The number of nitro benzene ring substituents is 1. The fraction of sp³-hybridized carbons (Fsp3) is 0.263. The summed E-state index contributed by atoms with van der Waals surface area (Å²) in [5, 5.41) is 13.4. The molecule has 0 fully saturated rings. The highest BCUT2D eigenvalue weighted by molar-refractivity contribution is 5.98. The van der Waals surface area contributed by atoms with Crippen LogP contribution in [0.5, 0.6) is 17.2 Å². The summed E-state index contributed by atoms with van der Waals surface area (Å²) in [7, 11) is 4.23. The summed E-state index contributed by atoms with van der Waals surface area (Å²) < 4.78 is 20.5. The van der Waals surface area contributed by atoms with Gasteiger partial charge in [-0.05, 0) is 25.1 Å². The van der Waals surface area contributed by atoms with Gasteiger partial charge in [0.25, 0.3) is 11.6 Å². The van der Waals surface area contributed by atoms with Gasteiger partial charge in [0.1, 0.15) is 17.2 Å². The molecular formula is C19H20N2O8.